The molecule has 0 saturated carbocycles. The SMILES string of the molecule is CCOC(=O)NS(=O)(=O)c1ccc(Cl)s1.CNc1cc2[nH]c(=O)n(-c3ccc(CC(=O)CS(=O)(=O)c4ccc(Cl)s4)cc3)c(=O)c2cc1F.CNc1cc2[nH]c(=O)n(-c3ccc(N)cc3)c(=O)c2cc1F. The van der Waals surface area contributed by atoms with Gasteiger partial charge in [0.15, 0.2) is 15.6 Å². The number of carbonyl (C=O) groups is 2. The average Bonchev–Trinajstić information content (AvgIpc) is 3.97. The number of Topliss-reactive ketones (excluding diaryl/α,β-unsaturated/α-hetero) is 1. The van der Waals surface area contributed by atoms with Gasteiger partial charge in [-0.3, -0.25) is 14.4 Å². The van der Waals surface area contributed by atoms with Crippen LogP contribution in [-0.4, -0.2) is 74.3 Å². The summed E-state index contributed by atoms with van der Waals surface area (Å²) in [4.78, 5) is 78.5. The van der Waals surface area contributed by atoms with Crippen LogP contribution in [0.3, 0.4) is 0 Å². The summed E-state index contributed by atoms with van der Waals surface area (Å²) in [7, 11) is -4.57. The van der Waals surface area contributed by atoms with Crippen molar-refractivity contribution in [3.63, 3.8) is 0 Å². The zero-order valence-electron chi connectivity index (χ0n) is 37.0. The number of thiophene rings is 2. The summed E-state index contributed by atoms with van der Waals surface area (Å²) in [6.07, 6.45) is -1.15. The van der Waals surface area contributed by atoms with Gasteiger partial charge in [-0.15, -0.1) is 22.7 Å². The molecule has 4 aromatic carbocycles. The molecule has 372 valence electrons. The van der Waals surface area contributed by atoms with Crippen LogP contribution < -0.4 is 43.6 Å². The van der Waals surface area contributed by atoms with Crippen molar-refractivity contribution in [1.82, 2.24) is 23.8 Å². The average molecular weight is 1090 g/mol. The number of hydrogen-bond acceptors (Lipinski definition) is 16. The molecule has 19 nitrogen and oxygen atoms in total. The lowest BCUT2D eigenvalue weighted by Crippen LogP contribution is -2.33. The Morgan fingerprint density at radius 3 is 1.56 bits per heavy atom. The van der Waals surface area contributed by atoms with Gasteiger partial charge in [0.05, 0.1) is 59.8 Å². The highest BCUT2D eigenvalue weighted by molar-refractivity contribution is 7.94. The fraction of sp³-hybridized carbons (Fsp3) is 0.136. The Balaban J connectivity index is 0.000000191. The Hall–Kier alpha value is -7.16. The van der Waals surface area contributed by atoms with Gasteiger partial charge >= 0.3 is 17.5 Å². The summed E-state index contributed by atoms with van der Waals surface area (Å²) >= 11 is 13.1. The van der Waals surface area contributed by atoms with Gasteiger partial charge in [0, 0.05) is 26.2 Å². The van der Waals surface area contributed by atoms with Gasteiger partial charge in [-0.1, -0.05) is 35.3 Å². The first-order chi connectivity index (χ1) is 33.5. The van der Waals surface area contributed by atoms with E-state index in [0.717, 1.165) is 43.9 Å². The number of hydrogen-bond donors (Lipinski definition) is 6. The van der Waals surface area contributed by atoms with Crippen molar-refractivity contribution in [1.29, 1.82) is 0 Å². The predicted molar refractivity (Wildman–Crippen MR) is 271 cm³/mol. The van der Waals surface area contributed by atoms with Crippen LogP contribution >= 0.6 is 45.9 Å². The molecular weight excluding hydrogens is 1050 g/mol. The normalized spacial score (nSPS) is 11.3. The summed E-state index contributed by atoms with van der Waals surface area (Å²) in [6.45, 7) is 1.68. The Bertz CT molecular complexity index is 3800. The van der Waals surface area contributed by atoms with Crippen molar-refractivity contribution in [2.24, 2.45) is 0 Å². The zero-order valence-corrected chi connectivity index (χ0v) is 41.7. The first kappa shape index (κ1) is 53.2. The predicted octanol–water partition coefficient (Wildman–Crippen LogP) is 6.44. The van der Waals surface area contributed by atoms with Gasteiger partial charge in [0.1, 0.15) is 25.8 Å². The van der Waals surface area contributed by atoms with Crippen LogP contribution in [0.1, 0.15) is 12.5 Å². The molecule has 4 heterocycles. The van der Waals surface area contributed by atoms with Crippen LogP contribution in [0.4, 0.5) is 30.6 Å². The third-order valence-electron chi connectivity index (χ3n) is 9.77. The Kier molecular flexibility index (Phi) is 16.7. The molecule has 71 heavy (non-hydrogen) atoms. The van der Waals surface area contributed by atoms with Crippen LogP contribution in [0, 0.1) is 11.6 Å². The number of carbonyl (C=O) groups excluding carboxylic acids is 2. The van der Waals surface area contributed by atoms with Crippen LogP contribution in [0.2, 0.25) is 8.67 Å². The molecule has 0 spiro atoms. The van der Waals surface area contributed by atoms with Gasteiger partial charge < -0.3 is 31.1 Å². The number of nitrogens with one attached hydrogen (secondary N) is 5. The molecule has 0 aliphatic carbocycles. The topological polar surface area (TPSA) is 283 Å². The zero-order chi connectivity index (χ0) is 51.9. The molecule has 8 aromatic rings. The number of nitrogens with zero attached hydrogens (tertiary/aromatic N) is 2. The molecule has 0 aliphatic heterocycles. The molecule has 0 radical (unpaired) electrons. The van der Waals surface area contributed by atoms with E-state index in [1.165, 1.54) is 67.7 Å². The summed E-state index contributed by atoms with van der Waals surface area (Å²) in [6, 6.07) is 22.6. The monoisotopic (exact) mass is 1090 g/mol. The summed E-state index contributed by atoms with van der Waals surface area (Å²) < 4.78 is 84.3. The number of H-pyrrole nitrogens is 2. The second-order valence-corrected chi connectivity index (χ2v) is 22.1. The fourth-order valence-electron chi connectivity index (χ4n) is 6.50. The maximum atomic E-state index is 14.2. The number of ether oxygens (including phenoxy) is 1. The van der Waals surface area contributed by atoms with E-state index in [2.05, 4.69) is 25.3 Å². The highest BCUT2D eigenvalue weighted by Gasteiger charge is 2.23. The molecule has 0 fully saturated rings. The number of aromatic nitrogens is 4. The van der Waals surface area contributed by atoms with E-state index in [1.807, 2.05) is 0 Å². The number of rotatable bonds is 12. The lowest BCUT2D eigenvalue weighted by Gasteiger charge is -2.09. The van der Waals surface area contributed by atoms with E-state index in [0.29, 0.717) is 25.6 Å². The first-order valence-electron chi connectivity index (χ1n) is 20.3. The van der Waals surface area contributed by atoms with Gasteiger partial charge in [0.25, 0.3) is 21.1 Å². The molecule has 0 aliphatic rings. The van der Waals surface area contributed by atoms with Gasteiger partial charge in [-0.25, -0.2) is 53.9 Å². The molecule has 4 aromatic heterocycles. The number of amides is 1. The number of anilines is 3. The number of nitrogens with two attached hydrogens (primary N) is 1. The summed E-state index contributed by atoms with van der Waals surface area (Å²) in [5.41, 5.74) is 5.37. The third kappa shape index (κ3) is 12.6. The quantitative estimate of drug-likeness (QED) is 0.0719. The number of sulfonamides is 1. The van der Waals surface area contributed by atoms with Crippen LogP contribution in [-0.2, 0) is 35.8 Å². The third-order valence-corrected chi connectivity index (χ3v) is 16.3. The number of sulfone groups is 1. The van der Waals surface area contributed by atoms with Crippen molar-refractivity contribution in [3.05, 3.63) is 165 Å². The highest BCUT2D eigenvalue weighted by atomic mass is 35.5. The van der Waals surface area contributed by atoms with E-state index >= 15 is 0 Å². The first-order valence-corrected chi connectivity index (χ1v) is 25.8. The smallest absolute Gasteiger partial charge is 0.421 e. The van der Waals surface area contributed by atoms with Gasteiger partial charge in [-0.2, -0.15) is 0 Å². The van der Waals surface area contributed by atoms with Crippen molar-refractivity contribution in [3.8, 4) is 11.4 Å². The van der Waals surface area contributed by atoms with Crippen molar-refractivity contribution in [2.75, 3.05) is 42.8 Å². The van der Waals surface area contributed by atoms with Crippen LogP contribution in [0.15, 0.2) is 125 Å². The highest BCUT2D eigenvalue weighted by Crippen LogP contribution is 2.27. The lowest BCUT2D eigenvalue weighted by atomic mass is 10.1. The molecule has 0 atom stereocenters. The second-order valence-electron chi connectivity index (χ2n) is 14.6. The minimum Gasteiger partial charge on any atom is -0.449 e. The molecule has 0 unspecified atom stereocenters. The number of ketones is 1. The molecule has 0 bridgehead atoms. The number of aromatic amines is 2. The van der Waals surface area contributed by atoms with Gasteiger partial charge in [0.2, 0.25) is 0 Å². The summed E-state index contributed by atoms with van der Waals surface area (Å²) in [5.74, 6) is -2.40. The molecule has 8 rings (SSSR count). The fourth-order valence-corrected chi connectivity index (χ4v) is 11.7. The van der Waals surface area contributed by atoms with Crippen molar-refractivity contribution < 1.29 is 39.9 Å². The van der Waals surface area contributed by atoms with Crippen molar-refractivity contribution >= 4 is 116 Å². The maximum absolute atomic E-state index is 14.2. The number of halogens is 4. The molecule has 7 N–H and O–H groups in total. The van der Waals surface area contributed by atoms with E-state index in [4.69, 9.17) is 28.9 Å². The van der Waals surface area contributed by atoms with Crippen molar-refractivity contribution in [2.45, 2.75) is 21.8 Å². The standard InChI is InChI=1S/C22H17ClFN3O5S2.C15H13FN4O2.C7H8ClNO4S2/c1-25-18-10-17-15(9-16(18)24)21(29)27(22(30)26-17)13-4-2-12(3-5-13)8-14(28)11-34(31,32)20-7-6-19(23)33-20;1-18-13-7-12-10(6-11(13)16)14(21)20(15(22)19-12)9-4-2-8(17)3-5-9;1-2-13-7(10)9-15(11,12)6-4-3-5(8)14-6/h2-7,9-10,25H,8,11H2,1H3,(H,26,30);2-7,18H,17H2,1H3,(H,19,22);3-4H,2H2,1H3,(H,9,10). The largest absolute Gasteiger partial charge is 0.449 e. The maximum Gasteiger partial charge on any atom is 0.421 e. The summed E-state index contributed by atoms with van der Waals surface area (Å²) in [5, 5.41) is 5.39. The number of benzene rings is 4. The van der Waals surface area contributed by atoms with E-state index in [-0.39, 0.29) is 60.3 Å². The number of nitrogen functional groups attached to an aromatic ring is 1. The van der Waals surface area contributed by atoms with Gasteiger partial charge in [-0.05, 0) is 97.4 Å². The van der Waals surface area contributed by atoms with E-state index in [9.17, 15) is 54.4 Å². The molecule has 1 amide bonds. The second kappa shape index (κ2) is 22.3. The molecule has 27 heteroatoms. The van der Waals surface area contributed by atoms with E-state index < -0.39 is 71.6 Å². The minimum absolute atomic E-state index is 0.00533. The number of fused-ring (bicyclic) bond motifs is 2. The Morgan fingerprint density at radius 1 is 0.690 bits per heavy atom. The Labute approximate surface area is 418 Å². The van der Waals surface area contributed by atoms with E-state index in [1.54, 1.807) is 43.0 Å². The Morgan fingerprint density at radius 2 is 1.14 bits per heavy atom. The lowest BCUT2D eigenvalue weighted by molar-refractivity contribution is -0.116. The van der Waals surface area contributed by atoms with Crippen LogP contribution in [0.25, 0.3) is 33.2 Å². The minimum atomic E-state index is -3.85. The molecular formula is C44H38Cl2F2N8O11S4. The molecule has 0 saturated heterocycles. The van der Waals surface area contributed by atoms with Crippen LogP contribution in [0.5, 0.6) is 0 Å².